The molecule has 0 aromatic carbocycles. The Balaban J connectivity index is 1.00. The summed E-state index contributed by atoms with van der Waals surface area (Å²) >= 11 is 0. The highest BCUT2D eigenvalue weighted by molar-refractivity contribution is 5.95. The number of aromatic nitrogens is 5. The van der Waals surface area contributed by atoms with E-state index < -0.39 is 0 Å². The molecule has 0 atom stereocenters. The second-order valence-corrected chi connectivity index (χ2v) is 14.8. The van der Waals surface area contributed by atoms with Gasteiger partial charge < -0.3 is 34.3 Å². The first-order valence-electron chi connectivity index (χ1n) is 17.8. The number of nitrogens with one attached hydrogen (secondary N) is 1. The number of carbonyl (C=O) groups is 2. The van der Waals surface area contributed by atoms with Gasteiger partial charge in [0.05, 0.1) is 31.7 Å². The van der Waals surface area contributed by atoms with Gasteiger partial charge in [0, 0.05) is 43.7 Å². The van der Waals surface area contributed by atoms with Gasteiger partial charge in [0.1, 0.15) is 18.0 Å². The summed E-state index contributed by atoms with van der Waals surface area (Å²) in [5.74, 6) is 1.60. The van der Waals surface area contributed by atoms with Crippen LogP contribution >= 0.6 is 0 Å². The second-order valence-electron chi connectivity index (χ2n) is 14.8. The Morgan fingerprint density at radius 3 is 2.59 bits per heavy atom. The van der Waals surface area contributed by atoms with Crippen molar-refractivity contribution in [1.29, 1.82) is 0 Å². The first-order valence-corrected chi connectivity index (χ1v) is 17.8. The Bertz CT molecular complexity index is 1950. The third kappa shape index (κ3) is 4.77. The summed E-state index contributed by atoms with van der Waals surface area (Å²) in [5, 5.41) is 18.8. The van der Waals surface area contributed by atoms with Gasteiger partial charge in [-0.3, -0.25) is 14.4 Å². The van der Waals surface area contributed by atoms with Crippen LogP contribution in [0.2, 0.25) is 0 Å². The Hall–Kier alpha value is -4.46. The lowest BCUT2D eigenvalue weighted by atomic mass is 9.33. The normalized spacial score (nSPS) is 25.9. The predicted octanol–water partition coefficient (Wildman–Crippen LogP) is 2.09. The van der Waals surface area contributed by atoms with Crippen LogP contribution in [0.5, 0.6) is 11.5 Å². The molecule has 5 fully saturated rings. The first-order chi connectivity index (χ1) is 23.8. The van der Waals surface area contributed by atoms with Gasteiger partial charge in [-0.2, -0.15) is 9.50 Å². The highest BCUT2D eigenvalue weighted by Crippen LogP contribution is 2.73. The Labute approximate surface area is 283 Å². The molecule has 2 amide bonds. The van der Waals surface area contributed by atoms with Crippen LogP contribution in [0, 0.1) is 11.3 Å². The van der Waals surface area contributed by atoms with E-state index in [9.17, 15) is 19.5 Å². The number of amides is 2. The first kappa shape index (κ1) is 30.6. The maximum absolute atomic E-state index is 14.3. The highest BCUT2D eigenvalue weighted by Gasteiger charge is 2.71. The SMILES string of the molecule is CCc1c(N2CCN(C(=O)c3ncc4c(c3O)CCO4)CC2)c(=O)n2nc(C3=CCOCC3)nc2n1CC(=O)NC12CC(C3CCC3)(C1)C2. The predicted molar refractivity (Wildman–Crippen MR) is 178 cm³/mol. The summed E-state index contributed by atoms with van der Waals surface area (Å²) in [6.07, 6.45) is 12.3. The van der Waals surface area contributed by atoms with Crippen molar-refractivity contribution in [3.8, 4) is 11.5 Å². The van der Waals surface area contributed by atoms with Gasteiger partial charge in [0.2, 0.25) is 11.7 Å². The zero-order valence-corrected chi connectivity index (χ0v) is 27.9. The Kier molecular flexibility index (Phi) is 7.05. The number of carbonyl (C=O) groups excluding carboxylic acids is 2. The van der Waals surface area contributed by atoms with Crippen molar-refractivity contribution in [2.75, 3.05) is 50.9 Å². The minimum atomic E-state index is -0.356. The van der Waals surface area contributed by atoms with Crippen LogP contribution in [0.1, 0.15) is 79.4 Å². The average molecular weight is 671 g/mol. The maximum Gasteiger partial charge on any atom is 0.299 e. The van der Waals surface area contributed by atoms with Crippen molar-refractivity contribution in [3.63, 3.8) is 0 Å². The van der Waals surface area contributed by atoms with Crippen molar-refractivity contribution in [1.82, 2.24) is 34.4 Å². The minimum Gasteiger partial charge on any atom is -0.505 e. The number of ether oxygens (including phenoxy) is 2. The van der Waals surface area contributed by atoms with Crippen molar-refractivity contribution in [2.24, 2.45) is 11.3 Å². The van der Waals surface area contributed by atoms with Gasteiger partial charge in [-0.15, -0.1) is 5.10 Å². The fraction of sp³-hybridized carbons (Fsp3) is 0.600. The van der Waals surface area contributed by atoms with Crippen molar-refractivity contribution in [3.05, 3.63) is 45.4 Å². The van der Waals surface area contributed by atoms with Crippen LogP contribution in [-0.4, -0.2) is 97.5 Å². The molecule has 258 valence electrons. The number of aromatic hydroxyl groups is 1. The molecular weight excluding hydrogens is 628 g/mol. The lowest BCUT2D eigenvalue weighted by Crippen LogP contribution is -2.77. The van der Waals surface area contributed by atoms with Gasteiger partial charge >= 0.3 is 0 Å². The number of fused-ring (bicyclic) bond motifs is 2. The fourth-order valence-electron chi connectivity index (χ4n) is 9.32. The number of anilines is 1. The average Bonchev–Trinajstić information content (AvgIpc) is 3.73. The molecule has 0 spiro atoms. The molecule has 4 saturated carbocycles. The van der Waals surface area contributed by atoms with Crippen LogP contribution in [0.3, 0.4) is 0 Å². The molecule has 0 radical (unpaired) electrons. The number of nitrogens with zero attached hydrogens (tertiary/aromatic N) is 7. The molecule has 10 rings (SSSR count). The molecule has 14 nitrogen and oxygen atoms in total. The topological polar surface area (TPSA) is 156 Å². The van der Waals surface area contributed by atoms with Crippen LogP contribution < -0.4 is 20.5 Å². The van der Waals surface area contributed by atoms with Crippen LogP contribution in [-0.2, 0) is 28.9 Å². The molecule has 4 aliphatic carbocycles. The van der Waals surface area contributed by atoms with E-state index in [1.165, 1.54) is 30.0 Å². The monoisotopic (exact) mass is 670 g/mol. The summed E-state index contributed by atoms with van der Waals surface area (Å²) in [4.78, 5) is 54.2. The van der Waals surface area contributed by atoms with E-state index in [1.807, 2.05) is 22.5 Å². The second kappa shape index (κ2) is 11.3. The molecule has 3 aliphatic heterocycles. The maximum atomic E-state index is 14.3. The van der Waals surface area contributed by atoms with Crippen molar-refractivity contribution < 1.29 is 24.2 Å². The van der Waals surface area contributed by atoms with Gasteiger partial charge in [0.15, 0.2) is 17.3 Å². The zero-order chi connectivity index (χ0) is 33.5. The quantitative estimate of drug-likeness (QED) is 0.364. The molecule has 49 heavy (non-hydrogen) atoms. The van der Waals surface area contributed by atoms with Gasteiger partial charge in [-0.25, -0.2) is 4.98 Å². The van der Waals surface area contributed by atoms with Gasteiger partial charge in [-0.1, -0.05) is 19.4 Å². The highest BCUT2D eigenvalue weighted by atomic mass is 16.5. The van der Waals surface area contributed by atoms with E-state index >= 15 is 0 Å². The molecular formula is C35H42N8O6. The Morgan fingerprint density at radius 1 is 1.10 bits per heavy atom. The zero-order valence-electron chi connectivity index (χ0n) is 27.9. The van der Waals surface area contributed by atoms with E-state index in [0.717, 1.165) is 30.8 Å². The number of pyridine rings is 1. The van der Waals surface area contributed by atoms with Crippen LogP contribution in [0.25, 0.3) is 11.4 Å². The smallest absolute Gasteiger partial charge is 0.299 e. The molecule has 3 aromatic heterocycles. The van der Waals surface area contributed by atoms with Crippen molar-refractivity contribution in [2.45, 2.75) is 76.8 Å². The van der Waals surface area contributed by atoms with E-state index in [1.54, 1.807) is 4.90 Å². The molecule has 3 aromatic rings. The number of hydrogen-bond donors (Lipinski definition) is 2. The third-order valence-electron chi connectivity index (χ3n) is 12.0. The summed E-state index contributed by atoms with van der Waals surface area (Å²) in [7, 11) is 0. The molecule has 14 heteroatoms. The van der Waals surface area contributed by atoms with Gasteiger partial charge in [0.25, 0.3) is 11.5 Å². The third-order valence-corrected chi connectivity index (χ3v) is 12.0. The summed E-state index contributed by atoms with van der Waals surface area (Å²) in [6, 6.07) is 0. The van der Waals surface area contributed by atoms with Crippen molar-refractivity contribution >= 4 is 28.9 Å². The number of hydrogen-bond acceptors (Lipinski definition) is 10. The minimum absolute atomic E-state index is 0.0154. The molecule has 2 N–H and O–H groups in total. The molecule has 0 unspecified atom stereocenters. The fourth-order valence-corrected chi connectivity index (χ4v) is 9.32. The number of piperazine rings is 1. The lowest BCUT2D eigenvalue weighted by molar-refractivity contribution is -0.208. The standard InChI is InChI=1S/C35H42N8O6/c1-2-24-28(40-9-11-41(12-10-40)31(46)27-29(45)23-8-15-49-25(23)16-36-27)32(47)43-33(37-30(39-43)21-6-13-48-14-7-21)42(24)17-26(44)38-35-18-34(19-35,20-35)22-4-3-5-22/h6,16,22,45H,2-5,7-15,17-20H2,1H3,(H,38,44). The van der Waals surface area contributed by atoms with E-state index in [2.05, 4.69) is 15.4 Å². The molecule has 1 saturated heterocycles. The summed E-state index contributed by atoms with van der Waals surface area (Å²) < 4.78 is 14.2. The van der Waals surface area contributed by atoms with Crippen LogP contribution in [0.4, 0.5) is 5.69 Å². The lowest BCUT2D eigenvalue weighted by Gasteiger charge is -2.74. The summed E-state index contributed by atoms with van der Waals surface area (Å²) in [5.41, 5.74) is 2.79. The Morgan fingerprint density at radius 2 is 1.90 bits per heavy atom. The van der Waals surface area contributed by atoms with E-state index in [-0.39, 0.29) is 40.9 Å². The number of rotatable bonds is 8. The van der Waals surface area contributed by atoms with E-state index in [4.69, 9.17) is 14.5 Å². The molecule has 6 heterocycles. The van der Waals surface area contributed by atoms with E-state index in [0.29, 0.717) is 105 Å². The molecule has 7 aliphatic rings. The largest absolute Gasteiger partial charge is 0.505 e. The molecule has 2 bridgehead atoms. The van der Waals surface area contributed by atoms with Crippen LogP contribution in [0.15, 0.2) is 17.1 Å². The van der Waals surface area contributed by atoms with Gasteiger partial charge in [-0.05, 0) is 61.9 Å². The summed E-state index contributed by atoms with van der Waals surface area (Å²) in [6.45, 7) is 4.91.